The van der Waals surface area contributed by atoms with E-state index in [4.69, 9.17) is 9.47 Å². The van der Waals surface area contributed by atoms with E-state index in [0.29, 0.717) is 18.1 Å². The second-order valence-electron chi connectivity index (χ2n) is 2.70. The molecule has 1 aromatic heterocycles. The Morgan fingerprint density at radius 1 is 1.47 bits per heavy atom. The molecule has 0 saturated carbocycles. The molecule has 15 heavy (non-hydrogen) atoms. The summed E-state index contributed by atoms with van der Waals surface area (Å²) in [5.41, 5.74) is 0. The van der Waals surface area contributed by atoms with Gasteiger partial charge in [-0.05, 0) is 41.2 Å². The van der Waals surface area contributed by atoms with Crippen LogP contribution in [0, 0.1) is 0 Å². The zero-order valence-electron chi connectivity index (χ0n) is 8.66. The molecule has 0 aliphatic heterocycles. The molecule has 0 unspecified atom stereocenters. The van der Waals surface area contributed by atoms with E-state index in [0.717, 1.165) is 4.47 Å². The van der Waals surface area contributed by atoms with Gasteiger partial charge in [0.25, 0.3) is 0 Å². The van der Waals surface area contributed by atoms with Crippen molar-refractivity contribution in [1.82, 2.24) is 0 Å². The molecule has 1 rings (SSSR count). The predicted octanol–water partition coefficient (Wildman–Crippen LogP) is 3.09. The van der Waals surface area contributed by atoms with Crippen LogP contribution >= 0.6 is 27.3 Å². The van der Waals surface area contributed by atoms with Crippen LogP contribution in [-0.4, -0.2) is 25.3 Å². The van der Waals surface area contributed by atoms with Gasteiger partial charge >= 0.3 is 0 Å². The fourth-order valence-corrected chi connectivity index (χ4v) is 2.59. The minimum Gasteiger partial charge on any atom is -0.346 e. The van der Waals surface area contributed by atoms with E-state index < -0.39 is 6.29 Å². The van der Waals surface area contributed by atoms with Gasteiger partial charge in [0.15, 0.2) is 0 Å². The molecule has 1 heterocycles. The highest BCUT2D eigenvalue weighted by molar-refractivity contribution is 9.10. The van der Waals surface area contributed by atoms with Crippen molar-refractivity contribution in [2.24, 2.45) is 0 Å². The molecule has 0 N–H and O–H groups in total. The number of ether oxygens (including phenoxy) is 2. The van der Waals surface area contributed by atoms with Crippen LogP contribution in [0.25, 0.3) is 0 Å². The minimum atomic E-state index is -0.782. The van der Waals surface area contributed by atoms with E-state index in [1.165, 1.54) is 11.3 Å². The van der Waals surface area contributed by atoms with Crippen molar-refractivity contribution in [3.05, 3.63) is 20.8 Å². The Bertz CT molecular complexity index is 318. The summed E-state index contributed by atoms with van der Waals surface area (Å²) in [4.78, 5) is 12.6. The highest BCUT2D eigenvalue weighted by Crippen LogP contribution is 2.24. The van der Waals surface area contributed by atoms with Gasteiger partial charge in [0.1, 0.15) is 0 Å². The van der Waals surface area contributed by atoms with Gasteiger partial charge in [-0.1, -0.05) is 0 Å². The monoisotopic (exact) mass is 292 g/mol. The van der Waals surface area contributed by atoms with Crippen LogP contribution in [0.2, 0.25) is 0 Å². The Morgan fingerprint density at radius 2 is 2.07 bits per heavy atom. The number of thiophene rings is 1. The molecule has 0 aromatic carbocycles. The van der Waals surface area contributed by atoms with Crippen LogP contribution in [0.15, 0.2) is 15.9 Å². The highest BCUT2D eigenvalue weighted by Gasteiger charge is 2.23. The molecule has 3 nitrogen and oxygen atoms in total. The molecule has 0 saturated heterocycles. The van der Waals surface area contributed by atoms with Crippen molar-refractivity contribution in [2.75, 3.05) is 13.2 Å². The summed E-state index contributed by atoms with van der Waals surface area (Å²) >= 11 is 4.70. The summed E-state index contributed by atoms with van der Waals surface area (Å²) in [7, 11) is 0. The van der Waals surface area contributed by atoms with Gasteiger partial charge in [-0.15, -0.1) is 11.3 Å². The first kappa shape index (κ1) is 12.8. The molecule has 0 bridgehead atoms. The zero-order chi connectivity index (χ0) is 11.3. The first-order valence-corrected chi connectivity index (χ1v) is 6.38. The van der Waals surface area contributed by atoms with Crippen molar-refractivity contribution < 1.29 is 14.3 Å². The van der Waals surface area contributed by atoms with Crippen LogP contribution in [-0.2, 0) is 9.47 Å². The van der Waals surface area contributed by atoms with Gasteiger partial charge in [0.05, 0.1) is 4.88 Å². The summed E-state index contributed by atoms with van der Waals surface area (Å²) in [6.07, 6.45) is -0.782. The number of rotatable bonds is 6. The lowest BCUT2D eigenvalue weighted by Gasteiger charge is -2.14. The standard InChI is InChI=1S/C10H13BrO3S/c1-3-13-10(14-4-2)8(12)9-7(11)5-6-15-9/h5-6,10H,3-4H2,1-2H3. The molecular formula is C10H13BrO3S. The number of Topliss-reactive ketones (excluding diaryl/α,β-unsaturated/α-hetero) is 1. The van der Waals surface area contributed by atoms with E-state index in [9.17, 15) is 4.79 Å². The summed E-state index contributed by atoms with van der Waals surface area (Å²) < 4.78 is 11.3. The summed E-state index contributed by atoms with van der Waals surface area (Å²) in [5.74, 6) is -0.124. The van der Waals surface area contributed by atoms with Crippen molar-refractivity contribution in [1.29, 1.82) is 0 Å². The minimum absolute atomic E-state index is 0.124. The molecule has 0 aliphatic carbocycles. The lowest BCUT2D eigenvalue weighted by atomic mass is 10.3. The third kappa shape index (κ3) is 3.38. The van der Waals surface area contributed by atoms with Crippen LogP contribution in [0.1, 0.15) is 23.5 Å². The molecule has 0 aliphatic rings. The molecular weight excluding hydrogens is 280 g/mol. The van der Waals surface area contributed by atoms with Crippen molar-refractivity contribution in [2.45, 2.75) is 20.1 Å². The average Bonchev–Trinajstić information content (AvgIpc) is 2.63. The lowest BCUT2D eigenvalue weighted by Crippen LogP contribution is -2.27. The number of hydrogen-bond acceptors (Lipinski definition) is 4. The normalized spacial score (nSPS) is 10.9. The molecule has 0 radical (unpaired) electrons. The van der Waals surface area contributed by atoms with E-state index in [2.05, 4.69) is 15.9 Å². The molecule has 0 fully saturated rings. The topological polar surface area (TPSA) is 35.5 Å². The van der Waals surface area contributed by atoms with Gasteiger partial charge < -0.3 is 9.47 Å². The van der Waals surface area contributed by atoms with E-state index >= 15 is 0 Å². The second-order valence-corrected chi connectivity index (χ2v) is 4.47. The first-order chi connectivity index (χ1) is 7.20. The van der Waals surface area contributed by atoms with Gasteiger partial charge in [-0.25, -0.2) is 0 Å². The van der Waals surface area contributed by atoms with E-state index in [1.807, 2.05) is 25.3 Å². The molecule has 0 spiro atoms. The molecule has 1 aromatic rings. The Labute approximate surface area is 102 Å². The van der Waals surface area contributed by atoms with Crippen molar-refractivity contribution >= 4 is 33.0 Å². The number of ketones is 1. The summed E-state index contributed by atoms with van der Waals surface area (Å²) in [6, 6.07) is 1.84. The largest absolute Gasteiger partial charge is 0.346 e. The third-order valence-corrected chi connectivity index (χ3v) is 3.54. The smallest absolute Gasteiger partial charge is 0.229 e. The third-order valence-electron chi connectivity index (χ3n) is 1.69. The SMILES string of the molecule is CCOC(OCC)C(=O)c1sccc1Br. The molecule has 84 valence electrons. The van der Waals surface area contributed by atoms with Crippen LogP contribution in [0.3, 0.4) is 0 Å². The Kier molecular flexibility index (Phi) is 5.45. The number of carbonyl (C=O) groups excluding carboxylic acids is 1. The van der Waals surface area contributed by atoms with Gasteiger partial charge in [-0.2, -0.15) is 0 Å². The zero-order valence-corrected chi connectivity index (χ0v) is 11.1. The number of hydrogen-bond donors (Lipinski definition) is 0. The Hall–Kier alpha value is -0.230. The Balaban J connectivity index is 2.76. The average molecular weight is 293 g/mol. The van der Waals surface area contributed by atoms with Gasteiger partial charge in [-0.3, -0.25) is 4.79 Å². The Morgan fingerprint density at radius 3 is 2.47 bits per heavy atom. The van der Waals surface area contributed by atoms with Crippen LogP contribution in [0.5, 0.6) is 0 Å². The van der Waals surface area contributed by atoms with Gasteiger partial charge in [0, 0.05) is 17.7 Å². The van der Waals surface area contributed by atoms with Crippen LogP contribution in [0.4, 0.5) is 0 Å². The fourth-order valence-electron chi connectivity index (χ4n) is 1.08. The molecule has 5 heteroatoms. The number of halogens is 1. The first-order valence-electron chi connectivity index (χ1n) is 4.71. The van der Waals surface area contributed by atoms with E-state index in [1.54, 1.807) is 0 Å². The maximum Gasteiger partial charge on any atom is 0.229 e. The lowest BCUT2D eigenvalue weighted by molar-refractivity contribution is -0.107. The summed E-state index contributed by atoms with van der Waals surface area (Å²) in [6.45, 7) is 4.59. The quantitative estimate of drug-likeness (QED) is 0.597. The fraction of sp³-hybridized carbons (Fsp3) is 0.500. The van der Waals surface area contributed by atoms with Gasteiger partial charge in [0.2, 0.25) is 12.1 Å². The molecule has 0 amide bonds. The van der Waals surface area contributed by atoms with Crippen molar-refractivity contribution in [3.63, 3.8) is 0 Å². The molecule has 0 atom stereocenters. The van der Waals surface area contributed by atoms with E-state index in [-0.39, 0.29) is 5.78 Å². The maximum atomic E-state index is 11.9. The maximum absolute atomic E-state index is 11.9. The number of carbonyl (C=O) groups is 1. The summed E-state index contributed by atoms with van der Waals surface area (Å²) in [5, 5.41) is 1.85. The van der Waals surface area contributed by atoms with Crippen LogP contribution < -0.4 is 0 Å². The second kappa shape index (κ2) is 6.37. The predicted molar refractivity (Wildman–Crippen MR) is 63.4 cm³/mol. The highest BCUT2D eigenvalue weighted by atomic mass is 79.9. The van der Waals surface area contributed by atoms with Crippen molar-refractivity contribution in [3.8, 4) is 0 Å².